The van der Waals surface area contributed by atoms with Gasteiger partial charge >= 0.3 is 0 Å². The Labute approximate surface area is 137 Å². The molecule has 0 spiro atoms. The Balaban J connectivity index is 4.54. The smallest absolute Gasteiger partial charge is 0.0834 e. The summed E-state index contributed by atoms with van der Waals surface area (Å²) in [4.78, 5) is 0. The lowest BCUT2D eigenvalue weighted by Crippen LogP contribution is -2.20. The molecule has 0 nitrogen and oxygen atoms in total. The van der Waals surface area contributed by atoms with Crippen LogP contribution in [0.25, 0.3) is 0 Å². The van der Waals surface area contributed by atoms with Crippen LogP contribution in [0, 0.1) is 11.8 Å². The molecule has 118 valence electrons. The SMILES string of the molecule is CCCC/C=C(\Br)B(CC(C)CCC)CC(C)CCC. The Morgan fingerprint density at radius 3 is 1.85 bits per heavy atom. The normalized spacial score (nSPS) is 15.2. The molecule has 0 fully saturated rings. The van der Waals surface area contributed by atoms with E-state index in [-0.39, 0.29) is 0 Å². The minimum Gasteiger partial charge on any atom is -0.0834 e. The van der Waals surface area contributed by atoms with E-state index in [1.54, 1.807) is 0 Å². The molecule has 2 heteroatoms. The minimum absolute atomic E-state index is 0.745. The van der Waals surface area contributed by atoms with E-state index in [9.17, 15) is 0 Å². The third kappa shape index (κ3) is 10.1. The van der Waals surface area contributed by atoms with E-state index in [1.165, 1.54) is 62.0 Å². The summed E-state index contributed by atoms with van der Waals surface area (Å²) in [5, 5.41) is 0. The minimum atomic E-state index is 0.745. The van der Waals surface area contributed by atoms with Crippen LogP contribution in [0.5, 0.6) is 0 Å². The van der Waals surface area contributed by atoms with Crippen molar-refractivity contribution in [3.63, 3.8) is 0 Å². The third-order valence-electron chi connectivity index (χ3n) is 4.22. The molecule has 0 aromatic rings. The van der Waals surface area contributed by atoms with Crippen molar-refractivity contribution in [3.05, 3.63) is 10.5 Å². The van der Waals surface area contributed by atoms with Gasteiger partial charge in [-0.3, -0.25) is 0 Å². The average molecular weight is 343 g/mol. The zero-order valence-corrected chi connectivity index (χ0v) is 16.1. The molecule has 2 unspecified atom stereocenters. The van der Waals surface area contributed by atoms with Gasteiger partial charge in [-0.15, -0.1) is 0 Å². The molecule has 0 N–H and O–H groups in total. The van der Waals surface area contributed by atoms with Crippen LogP contribution in [0.15, 0.2) is 10.5 Å². The van der Waals surface area contributed by atoms with Crippen LogP contribution in [-0.4, -0.2) is 6.71 Å². The van der Waals surface area contributed by atoms with Crippen molar-refractivity contribution in [2.45, 2.75) is 92.2 Å². The van der Waals surface area contributed by atoms with Crippen LogP contribution in [0.2, 0.25) is 12.6 Å². The third-order valence-corrected chi connectivity index (χ3v) is 5.19. The van der Waals surface area contributed by atoms with E-state index in [0.717, 1.165) is 18.5 Å². The molecular weight excluding hydrogens is 307 g/mol. The fourth-order valence-electron chi connectivity index (χ4n) is 3.12. The van der Waals surface area contributed by atoms with Crippen molar-refractivity contribution in [2.24, 2.45) is 11.8 Å². The summed E-state index contributed by atoms with van der Waals surface area (Å²) >= 11 is 3.89. The Morgan fingerprint density at radius 2 is 1.45 bits per heavy atom. The van der Waals surface area contributed by atoms with Gasteiger partial charge in [-0.1, -0.05) is 120 Å². The molecule has 0 heterocycles. The van der Waals surface area contributed by atoms with Crippen molar-refractivity contribution >= 4 is 22.6 Å². The summed E-state index contributed by atoms with van der Waals surface area (Å²) in [7, 11) is 0. The number of rotatable bonds is 12. The molecule has 0 bridgehead atoms. The van der Waals surface area contributed by atoms with Gasteiger partial charge in [0.1, 0.15) is 0 Å². The summed E-state index contributed by atoms with van der Waals surface area (Å²) in [6, 6.07) is 0. The maximum absolute atomic E-state index is 3.89. The highest BCUT2D eigenvalue weighted by Gasteiger charge is 2.22. The van der Waals surface area contributed by atoms with Gasteiger partial charge in [0, 0.05) is 0 Å². The highest BCUT2D eigenvalue weighted by atomic mass is 79.9. The summed E-state index contributed by atoms with van der Waals surface area (Å²) in [5.74, 6) is 1.71. The number of hydrogen-bond acceptors (Lipinski definition) is 0. The average Bonchev–Trinajstić information content (AvgIpc) is 2.38. The maximum Gasteiger partial charge on any atom is 0.185 e. The summed E-state index contributed by atoms with van der Waals surface area (Å²) in [5.41, 5.74) is 0. The van der Waals surface area contributed by atoms with Crippen molar-refractivity contribution in [3.8, 4) is 0 Å². The predicted molar refractivity (Wildman–Crippen MR) is 100 cm³/mol. The van der Waals surface area contributed by atoms with Gasteiger partial charge in [-0.2, -0.15) is 0 Å². The second-order valence-corrected chi connectivity index (χ2v) is 7.60. The van der Waals surface area contributed by atoms with Gasteiger partial charge in [0.2, 0.25) is 0 Å². The largest absolute Gasteiger partial charge is 0.185 e. The van der Waals surface area contributed by atoms with E-state index in [4.69, 9.17) is 0 Å². The van der Waals surface area contributed by atoms with E-state index >= 15 is 0 Å². The summed E-state index contributed by atoms with van der Waals surface area (Å²) < 4.78 is 1.48. The quantitative estimate of drug-likeness (QED) is 0.256. The van der Waals surface area contributed by atoms with Crippen molar-refractivity contribution < 1.29 is 0 Å². The first-order chi connectivity index (χ1) is 9.54. The van der Waals surface area contributed by atoms with Gasteiger partial charge in [0.25, 0.3) is 0 Å². The first-order valence-electron chi connectivity index (χ1n) is 8.90. The van der Waals surface area contributed by atoms with Gasteiger partial charge in [-0.25, -0.2) is 0 Å². The van der Waals surface area contributed by atoms with Crippen LogP contribution in [0.4, 0.5) is 0 Å². The second-order valence-electron chi connectivity index (χ2n) is 6.69. The Hall–Kier alpha value is 0.285. The van der Waals surface area contributed by atoms with Gasteiger partial charge in [0.15, 0.2) is 6.71 Å². The number of allylic oxidation sites excluding steroid dienone is 1. The van der Waals surface area contributed by atoms with Gasteiger partial charge < -0.3 is 0 Å². The number of hydrogen-bond donors (Lipinski definition) is 0. The van der Waals surface area contributed by atoms with Crippen LogP contribution in [0.1, 0.15) is 79.6 Å². The molecule has 0 saturated heterocycles. The van der Waals surface area contributed by atoms with E-state index in [0.29, 0.717) is 0 Å². The van der Waals surface area contributed by atoms with Crippen LogP contribution >= 0.6 is 15.9 Å². The van der Waals surface area contributed by atoms with E-state index in [1.807, 2.05) is 0 Å². The molecule has 0 aromatic carbocycles. The lowest BCUT2D eigenvalue weighted by atomic mass is 9.41. The first kappa shape index (κ1) is 20.3. The van der Waals surface area contributed by atoms with Gasteiger partial charge in [0.05, 0.1) is 0 Å². The maximum atomic E-state index is 3.89. The molecule has 0 amide bonds. The van der Waals surface area contributed by atoms with Crippen LogP contribution in [0.3, 0.4) is 0 Å². The Morgan fingerprint density at radius 1 is 0.950 bits per heavy atom. The van der Waals surface area contributed by atoms with Crippen molar-refractivity contribution in [1.29, 1.82) is 0 Å². The summed E-state index contributed by atoms with van der Waals surface area (Å²) in [6.45, 7) is 12.5. The Bertz CT molecular complexity index is 236. The van der Waals surface area contributed by atoms with Gasteiger partial charge in [-0.05, 0) is 10.8 Å². The number of halogens is 1. The molecule has 0 rings (SSSR count). The highest BCUT2D eigenvalue weighted by Crippen LogP contribution is 2.28. The first-order valence-corrected chi connectivity index (χ1v) is 9.69. The molecule has 2 atom stereocenters. The topological polar surface area (TPSA) is 0 Å². The fourth-order valence-corrected chi connectivity index (χ4v) is 3.73. The molecule has 0 saturated carbocycles. The van der Waals surface area contributed by atoms with Crippen LogP contribution < -0.4 is 0 Å². The molecule has 0 aliphatic rings. The molecule has 0 aliphatic heterocycles. The zero-order valence-electron chi connectivity index (χ0n) is 14.6. The van der Waals surface area contributed by atoms with Crippen molar-refractivity contribution in [2.75, 3.05) is 0 Å². The lowest BCUT2D eigenvalue weighted by molar-refractivity contribution is 0.550. The Kier molecular flexibility index (Phi) is 13.2. The molecule has 0 aliphatic carbocycles. The fraction of sp³-hybridized carbons (Fsp3) is 0.889. The second kappa shape index (κ2) is 13.0. The highest BCUT2D eigenvalue weighted by molar-refractivity contribution is 9.12. The van der Waals surface area contributed by atoms with Crippen molar-refractivity contribution in [1.82, 2.24) is 0 Å². The molecule has 0 aromatic heterocycles. The number of unbranched alkanes of at least 4 members (excludes halogenated alkanes) is 2. The molecule has 0 radical (unpaired) electrons. The molecule has 20 heavy (non-hydrogen) atoms. The standard InChI is InChI=1S/C18H36BBr/c1-6-9-10-13-18(20)19(14-16(4)11-7-2)15-17(5)12-8-3/h13,16-17H,6-12,14-15H2,1-5H3/b18-13-. The zero-order chi connectivity index (χ0) is 15.4. The lowest BCUT2D eigenvalue weighted by Gasteiger charge is -2.21. The molecular formula is C18H36BBr. The predicted octanol–water partition coefficient (Wildman–Crippen LogP) is 7.36. The van der Waals surface area contributed by atoms with E-state index < -0.39 is 0 Å². The van der Waals surface area contributed by atoms with Crippen LogP contribution in [-0.2, 0) is 0 Å². The van der Waals surface area contributed by atoms with E-state index in [2.05, 4.69) is 56.6 Å². The summed E-state index contributed by atoms with van der Waals surface area (Å²) in [6.07, 6.45) is 14.4. The monoisotopic (exact) mass is 342 g/mol.